The normalized spacial score (nSPS) is 20.4. The van der Waals surface area contributed by atoms with Crippen LogP contribution in [0.4, 0.5) is 5.69 Å². The molecule has 130 valence electrons. The van der Waals surface area contributed by atoms with Gasteiger partial charge < -0.3 is 10.0 Å². The first kappa shape index (κ1) is 17.4. The molecule has 1 amide bonds. The number of benzene rings is 2. The zero-order valence-electron chi connectivity index (χ0n) is 14.6. The molecule has 2 aromatic carbocycles. The van der Waals surface area contributed by atoms with E-state index in [-0.39, 0.29) is 5.78 Å². The lowest BCUT2D eigenvalue weighted by Gasteiger charge is -2.31. The van der Waals surface area contributed by atoms with Crippen molar-refractivity contribution in [3.63, 3.8) is 0 Å². The van der Waals surface area contributed by atoms with Gasteiger partial charge in [-0.2, -0.15) is 0 Å². The molecule has 0 fully saturated rings. The Bertz CT molecular complexity index is 787. The predicted octanol–water partition coefficient (Wildman–Crippen LogP) is 3.54. The Morgan fingerprint density at radius 3 is 2.44 bits per heavy atom. The number of carbonyl (C=O) groups is 2. The van der Waals surface area contributed by atoms with Crippen molar-refractivity contribution in [3.8, 4) is 0 Å². The van der Waals surface area contributed by atoms with Gasteiger partial charge in [0.15, 0.2) is 11.4 Å². The van der Waals surface area contributed by atoms with Crippen LogP contribution in [0.5, 0.6) is 0 Å². The van der Waals surface area contributed by atoms with Crippen LogP contribution in [0.2, 0.25) is 0 Å². The number of unbranched alkanes of at least 4 members (excludes halogenated alkanes) is 1. The monoisotopic (exact) mass is 337 g/mol. The van der Waals surface area contributed by atoms with E-state index in [1.54, 1.807) is 49.5 Å². The summed E-state index contributed by atoms with van der Waals surface area (Å²) in [4.78, 5) is 27.6. The highest BCUT2D eigenvalue weighted by atomic mass is 16.3. The number of nitrogens with zero attached hydrogens (tertiary/aromatic N) is 1. The third-order valence-corrected chi connectivity index (χ3v) is 5.03. The van der Waals surface area contributed by atoms with Crippen LogP contribution in [-0.2, 0) is 10.4 Å². The van der Waals surface area contributed by atoms with E-state index in [0.29, 0.717) is 23.2 Å². The maximum Gasteiger partial charge on any atom is 0.264 e. The minimum absolute atomic E-state index is 0.185. The summed E-state index contributed by atoms with van der Waals surface area (Å²) in [5, 5.41) is 11.5. The summed E-state index contributed by atoms with van der Waals surface area (Å²) in [5.74, 6) is -1.41. The van der Waals surface area contributed by atoms with E-state index in [2.05, 4.69) is 0 Å². The van der Waals surface area contributed by atoms with Gasteiger partial charge in [-0.1, -0.05) is 68.3 Å². The van der Waals surface area contributed by atoms with Gasteiger partial charge in [-0.25, -0.2) is 0 Å². The van der Waals surface area contributed by atoms with Crippen LogP contribution in [-0.4, -0.2) is 23.8 Å². The van der Waals surface area contributed by atoms with Crippen LogP contribution in [0.15, 0.2) is 54.6 Å². The van der Waals surface area contributed by atoms with E-state index in [0.717, 1.165) is 12.8 Å². The summed E-state index contributed by atoms with van der Waals surface area (Å²) in [6, 6.07) is 16.1. The van der Waals surface area contributed by atoms with Crippen molar-refractivity contribution >= 4 is 17.4 Å². The Morgan fingerprint density at radius 1 is 1.12 bits per heavy atom. The van der Waals surface area contributed by atoms with Gasteiger partial charge in [0.25, 0.3) is 5.91 Å². The Balaban J connectivity index is 2.10. The smallest absolute Gasteiger partial charge is 0.264 e. The van der Waals surface area contributed by atoms with Gasteiger partial charge >= 0.3 is 0 Å². The van der Waals surface area contributed by atoms with Crippen molar-refractivity contribution in [3.05, 3.63) is 65.7 Å². The Labute approximate surface area is 148 Å². The van der Waals surface area contributed by atoms with E-state index in [1.165, 1.54) is 4.90 Å². The number of rotatable bonds is 6. The van der Waals surface area contributed by atoms with Crippen LogP contribution in [0.25, 0.3) is 0 Å². The minimum atomic E-state index is -1.81. The molecule has 1 N–H and O–H groups in total. The summed E-state index contributed by atoms with van der Waals surface area (Å²) in [5.41, 5.74) is -0.102. The number of hydrogen-bond donors (Lipinski definition) is 1. The number of ketones is 1. The molecular formula is C21H23NO3. The summed E-state index contributed by atoms with van der Waals surface area (Å²) < 4.78 is 0. The summed E-state index contributed by atoms with van der Waals surface area (Å²) in [7, 11) is 1.64. The zero-order chi connectivity index (χ0) is 18.0. The standard InChI is InChI=1S/C21H23NO3/c1-3-4-12-17(19(23)15-10-6-5-7-11-15)21(25)16-13-8-9-14-18(16)22(2)20(21)24/h5-11,13-14,17,25H,3-4,12H2,1-2H3/t17-,21+/m0/s1. The predicted molar refractivity (Wildman–Crippen MR) is 97.5 cm³/mol. The molecule has 1 aliphatic rings. The average Bonchev–Trinajstić information content (AvgIpc) is 2.85. The fraction of sp³-hybridized carbons (Fsp3) is 0.333. The second-order valence-electron chi connectivity index (χ2n) is 6.57. The topological polar surface area (TPSA) is 57.6 Å². The lowest BCUT2D eigenvalue weighted by molar-refractivity contribution is -0.140. The molecule has 0 saturated carbocycles. The highest BCUT2D eigenvalue weighted by molar-refractivity contribution is 6.11. The van der Waals surface area contributed by atoms with Gasteiger partial charge in [0.05, 0.1) is 11.6 Å². The maximum atomic E-state index is 13.2. The number of para-hydroxylation sites is 1. The number of fused-ring (bicyclic) bond motifs is 1. The molecule has 0 radical (unpaired) electrons. The Morgan fingerprint density at radius 2 is 1.76 bits per heavy atom. The van der Waals surface area contributed by atoms with Crippen molar-refractivity contribution in [2.75, 3.05) is 11.9 Å². The summed E-state index contributed by atoms with van der Waals surface area (Å²) >= 11 is 0. The molecule has 2 atom stereocenters. The third kappa shape index (κ3) is 2.76. The number of hydrogen-bond acceptors (Lipinski definition) is 3. The number of likely N-dealkylation sites (N-methyl/N-ethyl adjacent to an activating group) is 1. The van der Waals surface area contributed by atoms with Crippen LogP contribution >= 0.6 is 0 Å². The SMILES string of the molecule is CCCC[C@@H](C(=O)c1ccccc1)[C@@]1(O)C(=O)N(C)c2ccccc21. The second kappa shape index (κ2) is 6.81. The average molecular weight is 337 g/mol. The first-order valence-corrected chi connectivity index (χ1v) is 8.71. The first-order chi connectivity index (χ1) is 12.0. The molecule has 1 aliphatic heterocycles. The lowest BCUT2D eigenvalue weighted by Crippen LogP contribution is -2.47. The van der Waals surface area contributed by atoms with Gasteiger partial charge in [0.1, 0.15) is 0 Å². The molecule has 0 saturated heterocycles. The number of carbonyl (C=O) groups excluding carboxylic acids is 2. The first-order valence-electron chi connectivity index (χ1n) is 8.71. The second-order valence-corrected chi connectivity index (χ2v) is 6.57. The van der Waals surface area contributed by atoms with Crippen LogP contribution in [0.1, 0.15) is 42.1 Å². The van der Waals surface area contributed by atoms with Crippen molar-refractivity contribution in [2.24, 2.45) is 5.92 Å². The molecule has 4 nitrogen and oxygen atoms in total. The largest absolute Gasteiger partial charge is 0.375 e. The summed E-state index contributed by atoms with van der Waals surface area (Å²) in [6.07, 6.45) is 2.12. The van der Waals surface area contributed by atoms with E-state index >= 15 is 0 Å². The van der Waals surface area contributed by atoms with Gasteiger partial charge in [-0.3, -0.25) is 9.59 Å². The van der Waals surface area contributed by atoms with Crippen LogP contribution in [0, 0.1) is 5.92 Å². The molecular weight excluding hydrogens is 314 g/mol. The van der Waals surface area contributed by atoms with E-state index in [4.69, 9.17) is 0 Å². The summed E-state index contributed by atoms with van der Waals surface area (Å²) in [6.45, 7) is 2.03. The quantitative estimate of drug-likeness (QED) is 0.820. The highest BCUT2D eigenvalue weighted by Gasteiger charge is 2.55. The van der Waals surface area contributed by atoms with Crippen molar-refractivity contribution < 1.29 is 14.7 Å². The highest BCUT2D eigenvalue weighted by Crippen LogP contribution is 2.46. The fourth-order valence-corrected chi connectivity index (χ4v) is 3.65. The Kier molecular flexibility index (Phi) is 4.73. The van der Waals surface area contributed by atoms with E-state index in [1.807, 2.05) is 19.1 Å². The van der Waals surface area contributed by atoms with Crippen LogP contribution < -0.4 is 4.90 Å². The third-order valence-electron chi connectivity index (χ3n) is 5.03. The van der Waals surface area contributed by atoms with E-state index < -0.39 is 17.4 Å². The number of aliphatic hydroxyl groups is 1. The molecule has 3 rings (SSSR count). The molecule has 0 bridgehead atoms. The van der Waals surface area contributed by atoms with Crippen molar-refractivity contribution in [1.29, 1.82) is 0 Å². The Hall–Kier alpha value is -2.46. The van der Waals surface area contributed by atoms with Crippen molar-refractivity contribution in [2.45, 2.75) is 31.8 Å². The maximum absolute atomic E-state index is 13.2. The van der Waals surface area contributed by atoms with Gasteiger partial charge in [0.2, 0.25) is 0 Å². The molecule has 0 aliphatic carbocycles. The number of amides is 1. The van der Waals surface area contributed by atoms with Crippen LogP contribution in [0.3, 0.4) is 0 Å². The number of anilines is 1. The molecule has 4 heteroatoms. The molecule has 1 heterocycles. The minimum Gasteiger partial charge on any atom is -0.375 e. The zero-order valence-corrected chi connectivity index (χ0v) is 14.6. The van der Waals surface area contributed by atoms with Gasteiger partial charge in [-0.15, -0.1) is 0 Å². The number of Topliss-reactive ketones (excluding diaryl/α,β-unsaturated/α-hetero) is 1. The lowest BCUT2D eigenvalue weighted by atomic mass is 9.75. The fourth-order valence-electron chi connectivity index (χ4n) is 3.65. The molecule has 2 aromatic rings. The van der Waals surface area contributed by atoms with Gasteiger partial charge in [-0.05, 0) is 12.5 Å². The van der Waals surface area contributed by atoms with Gasteiger partial charge in [0, 0.05) is 18.2 Å². The van der Waals surface area contributed by atoms with Crippen molar-refractivity contribution in [1.82, 2.24) is 0 Å². The molecule has 25 heavy (non-hydrogen) atoms. The molecule has 0 spiro atoms. The van der Waals surface area contributed by atoms with E-state index in [9.17, 15) is 14.7 Å². The molecule has 0 unspecified atom stereocenters. The molecule has 0 aromatic heterocycles.